The lowest BCUT2D eigenvalue weighted by atomic mass is 9.81. The maximum Gasteiger partial charge on any atom is 0.234 e. The summed E-state index contributed by atoms with van der Waals surface area (Å²) in [6.07, 6.45) is 4.44. The Morgan fingerprint density at radius 1 is 0.939 bits per heavy atom. The summed E-state index contributed by atoms with van der Waals surface area (Å²) < 4.78 is 0. The van der Waals surface area contributed by atoms with Crippen molar-refractivity contribution >= 4 is 5.91 Å². The quantitative estimate of drug-likeness (QED) is 0.598. The number of hydrogen-bond acceptors (Lipinski definition) is 3. The molecule has 0 spiro atoms. The summed E-state index contributed by atoms with van der Waals surface area (Å²) in [4.78, 5) is 18.8. The molecule has 33 heavy (non-hydrogen) atoms. The summed E-state index contributed by atoms with van der Waals surface area (Å²) in [5.74, 6) is 0.00134. The Kier molecular flexibility index (Phi) is 6.19. The van der Waals surface area contributed by atoms with Gasteiger partial charge in [-0.2, -0.15) is 0 Å². The van der Waals surface area contributed by atoms with Crippen LogP contribution in [0.25, 0.3) is 0 Å². The van der Waals surface area contributed by atoms with Crippen LogP contribution in [0.15, 0.2) is 78.9 Å². The molecule has 1 saturated heterocycles. The van der Waals surface area contributed by atoms with Crippen molar-refractivity contribution in [2.45, 2.75) is 43.7 Å². The molecule has 0 radical (unpaired) electrons. The third kappa shape index (κ3) is 4.28. The molecule has 0 aromatic heterocycles. The molecular weight excluding hydrogens is 408 g/mol. The minimum absolute atomic E-state index is 0.0821. The second kappa shape index (κ2) is 9.40. The molecule has 3 aromatic carbocycles. The zero-order valence-corrected chi connectivity index (χ0v) is 19.2. The number of likely N-dealkylation sites (N-methyl/N-ethyl adjacent to an activating group) is 1. The Balaban J connectivity index is 1.56. The zero-order chi connectivity index (χ0) is 22.8. The molecule has 1 amide bonds. The average Bonchev–Trinajstić information content (AvgIpc) is 3.39. The number of aryl methyl sites for hydroxylation is 1. The predicted octanol–water partition coefficient (Wildman–Crippen LogP) is 5.13. The van der Waals surface area contributed by atoms with Gasteiger partial charge in [0.1, 0.15) is 5.75 Å². The smallest absolute Gasteiger partial charge is 0.234 e. The number of amides is 1. The number of carbonyl (C=O) groups excluding carboxylic acids is 1. The highest BCUT2D eigenvalue weighted by Gasteiger charge is 2.40. The van der Waals surface area contributed by atoms with E-state index in [-0.39, 0.29) is 29.7 Å². The molecular formula is C29H32N2O2. The van der Waals surface area contributed by atoms with Crippen molar-refractivity contribution in [2.75, 3.05) is 20.1 Å². The van der Waals surface area contributed by atoms with Crippen molar-refractivity contribution in [2.24, 2.45) is 0 Å². The third-order valence-corrected chi connectivity index (χ3v) is 7.41. The molecule has 0 bridgehead atoms. The Bertz CT molecular complexity index is 1050. The summed E-state index contributed by atoms with van der Waals surface area (Å²) in [5.41, 5.74) is 4.34. The predicted molar refractivity (Wildman–Crippen MR) is 131 cm³/mol. The van der Waals surface area contributed by atoms with E-state index in [1.165, 1.54) is 18.4 Å². The number of nitrogens with zero attached hydrogens (tertiary/aromatic N) is 2. The number of benzene rings is 3. The van der Waals surface area contributed by atoms with Gasteiger partial charge < -0.3 is 10.0 Å². The summed E-state index contributed by atoms with van der Waals surface area (Å²) >= 11 is 0. The fraction of sp³-hybridized carbons (Fsp3) is 0.345. The molecule has 0 saturated carbocycles. The number of phenolic OH excluding ortho intramolecular Hbond substituents is 1. The van der Waals surface area contributed by atoms with Gasteiger partial charge in [-0.25, -0.2) is 0 Å². The van der Waals surface area contributed by atoms with Gasteiger partial charge in [0.05, 0.1) is 12.0 Å². The summed E-state index contributed by atoms with van der Waals surface area (Å²) in [7, 11) is 1.95. The van der Waals surface area contributed by atoms with E-state index in [2.05, 4.69) is 4.90 Å². The third-order valence-electron chi connectivity index (χ3n) is 7.41. The number of aromatic hydroxyl groups is 1. The maximum absolute atomic E-state index is 14.2. The first-order valence-electron chi connectivity index (χ1n) is 12.1. The average molecular weight is 441 g/mol. The number of rotatable bonds is 5. The SMILES string of the molecule is CN(C(=O)C(c1ccccc1)c1ccccc1)[C@@H]1c2cc(O)ccc2CC[C@H]1N1CCCC1. The molecule has 4 nitrogen and oxygen atoms in total. The molecule has 0 unspecified atom stereocenters. The van der Waals surface area contributed by atoms with Gasteiger partial charge in [0.25, 0.3) is 0 Å². The Hall–Kier alpha value is -3.11. The van der Waals surface area contributed by atoms with Crippen LogP contribution in [0.1, 0.15) is 53.5 Å². The van der Waals surface area contributed by atoms with Crippen LogP contribution in [0.5, 0.6) is 5.75 Å². The number of carbonyl (C=O) groups is 1. The first-order valence-corrected chi connectivity index (χ1v) is 12.1. The molecule has 1 heterocycles. The number of fused-ring (bicyclic) bond motifs is 1. The van der Waals surface area contributed by atoms with Crippen molar-refractivity contribution in [1.29, 1.82) is 0 Å². The van der Waals surface area contributed by atoms with Crippen LogP contribution >= 0.6 is 0 Å². The lowest BCUT2D eigenvalue weighted by Crippen LogP contribution is -2.49. The Morgan fingerprint density at radius 3 is 2.15 bits per heavy atom. The molecule has 170 valence electrons. The minimum Gasteiger partial charge on any atom is -0.508 e. The Morgan fingerprint density at radius 2 is 1.55 bits per heavy atom. The van der Waals surface area contributed by atoms with E-state index in [0.717, 1.165) is 42.6 Å². The van der Waals surface area contributed by atoms with Crippen LogP contribution in [-0.2, 0) is 11.2 Å². The maximum atomic E-state index is 14.2. The van der Waals surface area contributed by atoms with Crippen LogP contribution in [0, 0.1) is 0 Å². The van der Waals surface area contributed by atoms with Gasteiger partial charge in [0.15, 0.2) is 0 Å². The molecule has 3 aromatic rings. The highest BCUT2D eigenvalue weighted by molar-refractivity contribution is 5.87. The largest absolute Gasteiger partial charge is 0.508 e. The van der Waals surface area contributed by atoms with Crippen molar-refractivity contribution in [3.05, 3.63) is 101 Å². The van der Waals surface area contributed by atoms with Gasteiger partial charge in [-0.1, -0.05) is 66.7 Å². The number of phenols is 1. The highest BCUT2D eigenvalue weighted by atomic mass is 16.3. The fourth-order valence-corrected chi connectivity index (χ4v) is 5.79. The zero-order valence-electron chi connectivity index (χ0n) is 19.2. The Labute approximate surface area is 196 Å². The van der Waals surface area contributed by atoms with E-state index in [1.807, 2.05) is 84.7 Å². The van der Waals surface area contributed by atoms with E-state index >= 15 is 0 Å². The van der Waals surface area contributed by atoms with Gasteiger partial charge in [0.2, 0.25) is 5.91 Å². The molecule has 4 heteroatoms. The summed E-state index contributed by atoms with van der Waals surface area (Å²) in [6.45, 7) is 2.16. The minimum atomic E-state index is -0.362. The lowest BCUT2D eigenvalue weighted by Gasteiger charge is -2.44. The number of hydrogen-bond donors (Lipinski definition) is 1. The number of likely N-dealkylation sites (tertiary alicyclic amines) is 1. The standard InChI is InChI=1S/C29H32N2O2/c1-30(29(33)27(22-10-4-2-5-11-22)23-12-6-3-7-13-23)28-25-20-24(32)16-14-21(25)15-17-26(28)31-18-8-9-19-31/h2-7,10-14,16,20,26-28,32H,8-9,15,17-19H2,1H3/t26-,28-/m1/s1. The van der Waals surface area contributed by atoms with E-state index in [1.54, 1.807) is 6.07 Å². The van der Waals surface area contributed by atoms with Gasteiger partial charge in [-0.05, 0) is 73.2 Å². The van der Waals surface area contributed by atoms with Gasteiger partial charge in [0, 0.05) is 13.1 Å². The van der Waals surface area contributed by atoms with Crippen LogP contribution in [0.3, 0.4) is 0 Å². The van der Waals surface area contributed by atoms with Crippen molar-refractivity contribution in [3.63, 3.8) is 0 Å². The van der Waals surface area contributed by atoms with Crippen LogP contribution in [0.2, 0.25) is 0 Å². The fourth-order valence-electron chi connectivity index (χ4n) is 5.79. The van der Waals surface area contributed by atoms with Crippen LogP contribution < -0.4 is 0 Å². The monoisotopic (exact) mass is 440 g/mol. The van der Waals surface area contributed by atoms with Crippen molar-refractivity contribution in [1.82, 2.24) is 9.80 Å². The first-order chi connectivity index (χ1) is 16.1. The van der Waals surface area contributed by atoms with Gasteiger partial charge >= 0.3 is 0 Å². The summed E-state index contributed by atoms with van der Waals surface area (Å²) in [5, 5.41) is 10.3. The normalized spacial score (nSPS) is 20.5. The van der Waals surface area contributed by atoms with E-state index < -0.39 is 0 Å². The molecule has 1 fully saturated rings. The second-order valence-corrected chi connectivity index (χ2v) is 9.38. The lowest BCUT2D eigenvalue weighted by molar-refractivity contribution is -0.134. The van der Waals surface area contributed by atoms with Crippen LogP contribution in [0.4, 0.5) is 0 Å². The summed E-state index contributed by atoms with van der Waals surface area (Å²) in [6, 6.07) is 26.0. The molecule has 2 aliphatic rings. The van der Waals surface area contributed by atoms with Crippen molar-refractivity contribution < 1.29 is 9.90 Å². The topological polar surface area (TPSA) is 43.8 Å². The van der Waals surface area contributed by atoms with E-state index in [4.69, 9.17) is 0 Å². The molecule has 5 rings (SSSR count). The van der Waals surface area contributed by atoms with Gasteiger partial charge in [-0.15, -0.1) is 0 Å². The van der Waals surface area contributed by atoms with E-state index in [0.29, 0.717) is 0 Å². The molecule has 1 aliphatic carbocycles. The van der Waals surface area contributed by atoms with E-state index in [9.17, 15) is 9.90 Å². The van der Waals surface area contributed by atoms with Gasteiger partial charge in [-0.3, -0.25) is 9.69 Å². The first kappa shape index (κ1) is 21.7. The second-order valence-electron chi connectivity index (χ2n) is 9.38. The van der Waals surface area contributed by atoms with Crippen LogP contribution in [-0.4, -0.2) is 47.0 Å². The molecule has 1 N–H and O–H groups in total. The van der Waals surface area contributed by atoms with Crippen molar-refractivity contribution in [3.8, 4) is 5.75 Å². The molecule has 2 atom stereocenters. The molecule has 1 aliphatic heterocycles. The highest BCUT2D eigenvalue weighted by Crippen LogP contribution is 2.41.